The molecule has 0 radical (unpaired) electrons. The third kappa shape index (κ3) is 2.71. The van der Waals surface area contributed by atoms with Crippen molar-refractivity contribution in [1.82, 2.24) is 10.4 Å². The zero-order chi connectivity index (χ0) is 18.4. The second-order valence-corrected chi connectivity index (χ2v) is 6.67. The fourth-order valence-corrected chi connectivity index (χ4v) is 2.96. The van der Waals surface area contributed by atoms with Gasteiger partial charge in [-0.1, -0.05) is 0 Å². The Morgan fingerprint density at radius 1 is 1.36 bits per heavy atom. The topological polar surface area (TPSA) is 106 Å². The summed E-state index contributed by atoms with van der Waals surface area (Å²) in [6.07, 6.45) is 1.04. The molecule has 25 heavy (non-hydrogen) atoms. The van der Waals surface area contributed by atoms with Crippen LogP contribution in [0.1, 0.15) is 41.4 Å². The third-order valence-electron chi connectivity index (χ3n) is 4.60. The van der Waals surface area contributed by atoms with Crippen molar-refractivity contribution in [2.75, 3.05) is 7.05 Å². The van der Waals surface area contributed by atoms with Crippen LogP contribution in [0.3, 0.4) is 0 Å². The van der Waals surface area contributed by atoms with Gasteiger partial charge in [0.2, 0.25) is 11.8 Å². The molecule has 1 aromatic carbocycles. The van der Waals surface area contributed by atoms with Crippen LogP contribution in [0, 0.1) is 16.7 Å². The molecule has 0 amide bonds. The number of nitriles is 1. The van der Waals surface area contributed by atoms with Crippen LogP contribution < -0.4 is 5.43 Å². The highest BCUT2D eigenvalue weighted by atomic mass is 16.5. The number of nitrogens with one attached hydrogen (secondary N) is 1. The molecule has 1 heterocycles. The molecule has 1 aromatic rings. The minimum Gasteiger partial charge on any atom is -0.494 e. The molecule has 2 atom stereocenters. The number of fused-ring (bicyclic) bond motifs is 1. The SMILES string of the molecule is CN1NC(O[C@@H]2c3cc(C#N)ccc3C(=O)C(C)(C)[C@H]2O)=CC=C1O. The summed E-state index contributed by atoms with van der Waals surface area (Å²) in [7, 11) is 1.61. The maximum atomic E-state index is 12.7. The van der Waals surface area contributed by atoms with Crippen molar-refractivity contribution in [2.45, 2.75) is 26.1 Å². The second-order valence-electron chi connectivity index (χ2n) is 6.67. The van der Waals surface area contributed by atoms with E-state index in [1.54, 1.807) is 39.1 Å². The van der Waals surface area contributed by atoms with Gasteiger partial charge in [0.1, 0.15) is 6.10 Å². The Bertz CT molecular complexity index is 835. The lowest BCUT2D eigenvalue weighted by Gasteiger charge is -2.41. The first-order chi connectivity index (χ1) is 11.8. The Morgan fingerprint density at radius 3 is 2.72 bits per heavy atom. The van der Waals surface area contributed by atoms with Crippen LogP contribution in [-0.4, -0.2) is 34.2 Å². The van der Waals surface area contributed by atoms with Crippen LogP contribution in [0.25, 0.3) is 0 Å². The quantitative estimate of drug-likeness (QED) is 0.754. The molecule has 0 unspecified atom stereocenters. The Morgan fingerprint density at radius 2 is 2.08 bits per heavy atom. The molecule has 3 N–H and O–H groups in total. The zero-order valence-electron chi connectivity index (χ0n) is 14.1. The monoisotopic (exact) mass is 341 g/mol. The van der Waals surface area contributed by atoms with Crippen molar-refractivity contribution < 1.29 is 19.7 Å². The molecule has 2 aliphatic rings. The fourth-order valence-electron chi connectivity index (χ4n) is 2.96. The van der Waals surface area contributed by atoms with Crippen molar-refractivity contribution in [3.63, 3.8) is 0 Å². The van der Waals surface area contributed by atoms with Gasteiger partial charge < -0.3 is 14.9 Å². The number of allylic oxidation sites excluding steroid dienone is 2. The third-order valence-corrected chi connectivity index (χ3v) is 4.60. The molecule has 1 aliphatic heterocycles. The highest BCUT2D eigenvalue weighted by molar-refractivity contribution is 6.03. The first kappa shape index (κ1) is 16.9. The lowest BCUT2D eigenvalue weighted by atomic mass is 9.69. The van der Waals surface area contributed by atoms with Crippen molar-refractivity contribution in [2.24, 2.45) is 5.41 Å². The molecule has 3 rings (SSSR count). The van der Waals surface area contributed by atoms with Gasteiger partial charge >= 0.3 is 0 Å². The zero-order valence-corrected chi connectivity index (χ0v) is 14.1. The number of carbonyl (C=O) groups is 1. The number of nitrogens with zero attached hydrogens (tertiary/aromatic N) is 2. The van der Waals surface area contributed by atoms with E-state index in [4.69, 9.17) is 10.00 Å². The maximum Gasteiger partial charge on any atom is 0.206 e. The van der Waals surface area contributed by atoms with E-state index < -0.39 is 17.6 Å². The number of aliphatic hydroxyl groups excluding tert-OH is 2. The molecule has 0 aromatic heterocycles. The van der Waals surface area contributed by atoms with Gasteiger partial charge in [-0.25, -0.2) is 0 Å². The first-order valence-corrected chi connectivity index (χ1v) is 7.80. The molecule has 7 nitrogen and oxygen atoms in total. The number of hydrogen-bond donors (Lipinski definition) is 3. The van der Waals surface area contributed by atoms with Gasteiger partial charge in [0.25, 0.3) is 0 Å². The minimum atomic E-state index is -1.10. The van der Waals surface area contributed by atoms with Gasteiger partial charge in [0.15, 0.2) is 11.9 Å². The normalized spacial score (nSPS) is 24.4. The second kappa shape index (κ2) is 5.83. The molecule has 130 valence electrons. The van der Waals surface area contributed by atoms with E-state index in [9.17, 15) is 15.0 Å². The standard InChI is InChI=1S/C18H19N3O4/c1-18(2)16(23)11-5-4-10(9-19)8-12(11)15(17(18)24)25-13-6-7-14(22)21(3)20-13/h4-8,15,17,20,22,24H,1-3H3/t15-,17+/m1/s1. The molecule has 0 bridgehead atoms. The summed E-state index contributed by atoms with van der Waals surface area (Å²) in [5, 5.41) is 30.9. The van der Waals surface area contributed by atoms with Crippen molar-refractivity contribution in [1.29, 1.82) is 5.26 Å². The van der Waals surface area contributed by atoms with Gasteiger partial charge in [0, 0.05) is 30.3 Å². The summed E-state index contributed by atoms with van der Waals surface area (Å²) in [5.41, 5.74) is 3.07. The number of ether oxygens (including phenoxy) is 1. The Hall–Kier alpha value is -2.98. The minimum absolute atomic E-state index is 0.0132. The Kier molecular flexibility index (Phi) is 3.93. The van der Waals surface area contributed by atoms with E-state index in [0.29, 0.717) is 22.6 Å². The molecule has 0 fully saturated rings. The van der Waals surface area contributed by atoms with Gasteiger partial charge in [-0.15, -0.1) is 0 Å². The predicted molar refractivity (Wildman–Crippen MR) is 88.8 cm³/mol. The molecule has 0 saturated heterocycles. The van der Waals surface area contributed by atoms with E-state index in [1.807, 2.05) is 6.07 Å². The van der Waals surface area contributed by atoms with Crippen LogP contribution >= 0.6 is 0 Å². The molecule has 7 heteroatoms. The fraction of sp³-hybridized carbons (Fsp3) is 0.333. The van der Waals surface area contributed by atoms with E-state index in [2.05, 4.69) is 5.43 Å². The van der Waals surface area contributed by atoms with E-state index in [-0.39, 0.29) is 11.7 Å². The van der Waals surface area contributed by atoms with E-state index >= 15 is 0 Å². The van der Waals surface area contributed by atoms with Crippen LogP contribution in [0.15, 0.2) is 42.1 Å². The van der Waals surface area contributed by atoms with Crippen molar-refractivity contribution in [3.05, 3.63) is 58.8 Å². The smallest absolute Gasteiger partial charge is 0.206 e. The van der Waals surface area contributed by atoms with E-state index in [0.717, 1.165) is 0 Å². The van der Waals surface area contributed by atoms with Gasteiger partial charge in [-0.2, -0.15) is 5.26 Å². The average Bonchev–Trinajstić information content (AvgIpc) is 2.59. The predicted octanol–water partition coefficient (Wildman–Crippen LogP) is 1.89. The first-order valence-electron chi connectivity index (χ1n) is 7.80. The number of benzene rings is 1. The summed E-state index contributed by atoms with van der Waals surface area (Å²) in [6.45, 7) is 3.33. The Balaban J connectivity index is 2.05. The Labute approximate surface area is 145 Å². The average molecular weight is 341 g/mol. The highest BCUT2D eigenvalue weighted by Gasteiger charge is 2.48. The lowest BCUT2D eigenvalue weighted by molar-refractivity contribution is -0.0718. The van der Waals surface area contributed by atoms with Crippen molar-refractivity contribution >= 4 is 5.78 Å². The highest BCUT2D eigenvalue weighted by Crippen LogP contribution is 2.43. The summed E-state index contributed by atoms with van der Waals surface area (Å²) in [6, 6.07) is 6.78. The summed E-state index contributed by atoms with van der Waals surface area (Å²) < 4.78 is 5.91. The van der Waals surface area contributed by atoms with Gasteiger partial charge in [-0.05, 0) is 32.0 Å². The number of aliphatic hydroxyl groups is 2. The largest absolute Gasteiger partial charge is 0.494 e. The summed E-state index contributed by atoms with van der Waals surface area (Å²) >= 11 is 0. The molecule has 1 aliphatic carbocycles. The number of rotatable bonds is 2. The van der Waals surface area contributed by atoms with Crippen LogP contribution in [-0.2, 0) is 4.74 Å². The van der Waals surface area contributed by atoms with Gasteiger partial charge in [0.05, 0.1) is 17.0 Å². The number of carbonyl (C=O) groups excluding carboxylic acids is 1. The van der Waals surface area contributed by atoms with Gasteiger partial charge in [-0.3, -0.25) is 15.2 Å². The molecule has 0 spiro atoms. The number of hydrogen-bond acceptors (Lipinski definition) is 7. The lowest BCUT2D eigenvalue weighted by Crippen LogP contribution is -2.47. The number of Topliss-reactive ketones (excluding diaryl/α,β-unsaturated/α-hetero) is 1. The van der Waals surface area contributed by atoms with Crippen LogP contribution in [0.4, 0.5) is 0 Å². The van der Waals surface area contributed by atoms with Crippen LogP contribution in [0.2, 0.25) is 0 Å². The van der Waals surface area contributed by atoms with Crippen LogP contribution in [0.5, 0.6) is 0 Å². The molecule has 0 saturated carbocycles. The summed E-state index contributed by atoms with van der Waals surface area (Å²) in [4.78, 5) is 12.7. The number of ketones is 1. The number of hydrazine groups is 1. The maximum absolute atomic E-state index is 12.7. The molecular formula is C18H19N3O4. The van der Waals surface area contributed by atoms with Crippen molar-refractivity contribution in [3.8, 4) is 6.07 Å². The molecular weight excluding hydrogens is 322 g/mol. The summed E-state index contributed by atoms with van der Waals surface area (Å²) in [5.74, 6) is 0.126. The van der Waals surface area contributed by atoms with E-state index in [1.165, 1.54) is 17.2 Å².